The number of carbonyl (C=O) groups is 1. The van der Waals surface area contributed by atoms with E-state index in [1.165, 1.54) is 41.3 Å². The zero-order valence-corrected chi connectivity index (χ0v) is 22.7. The van der Waals surface area contributed by atoms with E-state index in [4.69, 9.17) is 5.11 Å². The smallest absolute Gasteiger partial charge is 0.462 e. The van der Waals surface area contributed by atoms with Crippen LogP contribution in [0.4, 0.5) is 36.4 Å². The molecule has 5 nitrogen and oxygen atoms in total. The number of aliphatic hydroxyl groups is 1. The summed E-state index contributed by atoms with van der Waals surface area (Å²) in [7, 11) is 0. The van der Waals surface area contributed by atoms with Gasteiger partial charge in [-0.1, -0.05) is 38.0 Å². The van der Waals surface area contributed by atoms with Gasteiger partial charge in [-0.05, 0) is 66.9 Å². The first-order valence-corrected chi connectivity index (χ1v) is 12.6. The van der Waals surface area contributed by atoms with Crippen molar-refractivity contribution >= 4 is 11.6 Å². The van der Waals surface area contributed by atoms with Gasteiger partial charge in [0.05, 0.1) is 6.04 Å². The molecule has 2 aromatic carbocycles. The number of carbonyl (C=O) groups excluding carboxylic acids is 1. The Morgan fingerprint density at radius 2 is 1.57 bits per heavy atom. The maximum Gasteiger partial charge on any atom is 0.573 e. The molecule has 2 heterocycles. The van der Waals surface area contributed by atoms with Crippen LogP contribution < -0.4 is 9.64 Å². The van der Waals surface area contributed by atoms with Crippen LogP contribution in [0, 0.1) is 23.8 Å². The quantitative estimate of drug-likeness (QED) is 0.232. The van der Waals surface area contributed by atoms with Crippen LogP contribution in [0.25, 0.3) is 0 Å². The van der Waals surface area contributed by atoms with Crippen molar-refractivity contribution in [1.82, 2.24) is 4.98 Å². The summed E-state index contributed by atoms with van der Waals surface area (Å²) in [6.45, 7) is 4.92. The number of nitrogens with zero attached hydrogens (tertiary/aromatic N) is 2. The number of aliphatic hydroxyl groups excluding tert-OH is 1. The van der Waals surface area contributed by atoms with Gasteiger partial charge in [-0.2, -0.15) is 13.2 Å². The summed E-state index contributed by atoms with van der Waals surface area (Å²) in [4.78, 5) is 18.8. The molecule has 1 fully saturated rings. The van der Waals surface area contributed by atoms with Gasteiger partial charge in [0.15, 0.2) is 0 Å². The van der Waals surface area contributed by atoms with Crippen LogP contribution in [0.1, 0.15) is 56.6 Å². The van der Waals surface area contributed by atoms with E-state index in [2.05, 4.69) is 15.6 Å². The molecule has 1 saturated heterocycles. The molecule has 1 aliphatic heterocycles. The molecule has 0 unspecified atom stereocenters. The lowest BCUT2D eigenvalue weighted by Crippen LogP contribution is -2.32. The van der Waals surface area contributed by atoms with Gasteiger partial charge < -0.3 is 14.7 Å². The van der Waals surface area contributed by atoms with Crippen LogP contribution in [0.5, 0.6) is 5.75 Å². The summed E-state index contributed by atoms with van der Waals surface area (Å²) >= 11 is 0. The maximum absolute atomic E-state index is 13.6. The van der Waals surface area contributed by atoms with Crippen LogP contribution >= 0.6 is 0 Å². The van der Waals surface area contributed by atoms with Crippen molar-refractivity contribution < 1.29 is 45.4 Å². The molecule has 0 radical (unpaired) electrons. The topological polar surface area (TPSA) is 62.7 Å². The van der Waals surface area contributed by atoms with Crippen molar-refractivity contribution in [1.29, 1.82) is 0 Å². The molecular weight excluding hydrogens is 569 g/mol. The molecule has 0 bridgehead atoms. The van der Waals surface area contributed by atoms with E-state index in [-0.39, 0.29) is 24.4 Å². The lowest BCUT2D eigenvalue weighted by molar-refractivity contribution is -0.274. The Labute approximate surface area is 237 Å². The van der Waals surface area contributed by atoms with Gasteiger partial charge >= 0.3 is 12.5 Å². The van der Waals surface area contributed by atoms with Crippen molar-refractivity contribution in [2.45, 2.75) is 57.6 Å². The van der Waals surface area contributed by atoms with Crippen LogP contribution in [-0.2, 0) is 16.4 Å². The molecule has 4 rings (SSSR count). The normalized spacial score (nSPS) is 17.2. The molecule has 42 heavy (non-hydrogen) atoms. The second kappa shape index (κ2) is 12.7. The fourth-order valence-electron chi connectivity index (χ4n) is 4.80. The summed E-state index contributed by atoms with van der Waals surface area (Å²) in [5.41, 5.74) is -1.15. The number of hydrogen-bond donors (Lipinski definition) is 1. The average molecular weight is 597 g/mol. The molecule has 1 aromatic heterocycles. The first-order valence-electron chi connectivity index (χ1n) is 12.6. The van der Waals surface area contributed by atoms with Gasteiger partial charge in [-0.3, -0.25) is 4.79 Å². The monoisotopic (exact) mass is 596 g/mol. The van der Waals surface area contributed by atoms with Gasteiger partial charge in [0.2, 0.25) is 5.91 Å². The van der Waals surface area contributed by atoms with E-state index in [9.17, 15) is 35.5 Å². The van der Waals surface area contributed by atoms with Crippen LogP contribution in [0.15, 0.2) is 66.7 Å². The van der Waals surface area contributed by atoms with E-state index in [1.807, 2.05) is 0 Å². The molecule has 0 saturated carbocycles. The summed E-state index contributed by atoms with van der Waals surface area (Å²) in [5, 5.41) is 7.51. The second-order valence-corrected chi connectivity index (χ2v) is 10.1. The Morgan fingerprint density at radius 3 is 2.14 bits per heavy atom. The predicted octanol–water partition coefficient (Wildman–Crippen LogP) is 7.94. The van der Waals surface area contributed by atoms with Gasteiger partial charge in [-0.25, -0.2) is 9.37 Å². The van der Waals surface area contributed by atoms with Crippen LogP contribution in [-0.4, -0.2) is 22.4 Å². The van der Waals surface area contributed by atoms with E-state index in [0.29, 0.717) is 11.3 Å². The summed E-state index contributed by atoms with van der Waals surface area (Å²) in [5.74, 6) is 0.150. The average Bonchev–Trinajstić information content (AvgIpc) is 3.23. The van der Waals surface area contributed by atoms with E-state index < -0.39 is 47.2 Å². The van der Waals surface area contributed by atoms with Gasteiger partial charge in [0.1, 0.15) is 23.4 Å². The Kier molecular flexibility index (Phi) is 9.76. The van der Waals surface area contributed by atoms with Crippen LogP contribution in [0.3, 0.4) is 0 Å². The molecule has 3 aromatic rings. The second-order valence-electron chi connectivity index (χ2n) is 10.1. The van der Waals surface area contributed by atoms with Crippen molar-refractivity contribution in [2.24, 2.45) is 5.92 Å². The largest absolute Gasteiger partial charge is 0.573 e. The molecule has 0 aliphatic carbocycles. The van der Waals surface area contributed by atoms with Crippen molar-refractivity contribution in [3.8, 4) is 17.8 Å². The van der Waals surface area contributed by atoms with Crippen molar-refractivity contribution in [3.63, 3.8) is 0 Å². The molecular formula is C30H27F7N2O3. The minimum Gasteiger partial charge on any atom is -0.462 e. The Balaban J connectivity index is 0.00000114. The van der Waals surface area contributed by atoms with Crippen molar-refractivity contribution in [2.75, 3.05) is 4.90 Å². The molecule has 1 amide bonds. The standard InChI is InChI=1S/C27H23F7N2O2.C3H4O/c1-25(2,22-7-4-8-23(35-22)26(29,30)31)15-17-14-21(16-5-3-6-20(13-16)38-27(32,33)34)36(24(17)37)19-11-9-18(28)10-12-19;1-2-3-4/h3-13,17,21H,14-15H2,1-2H3;4H,1H3/t17-,21+;/m0./s1. The number of aromatic nitrogens is 1. The van der Waals surface area contributed by atoms with Crippen molar-refractivity contribution in [3.05, 3.63) is 89.5 Å². The first kappa shape index (κ1) is 32.2. The predicted molar refractivity (Wildman–Crippen MR) is 140 cm³/mol. The highest BCUT2D eigenvalue weighted by atomic mass is 19.4. The lowest BCUT2D eigenvalue weighted by Gasteiger charge is -2.27. The highest BCUT2D eigenvalue weighted by molar-refractivity contribution is 5.98. The fourth-order valence-corrected chi connectivity index (χ4v) is 4.80. The Hall–Kier alpha value is -4.27. The number of benzene rings is 2. The third-order valence-corrected chi connectivity index (χ3v) is 6.59. The molecule has 12 heteroatoms. The zero-order valence-electron chi connectivity index (χ0n) is 22.7. The van der Waals surface area contributed by atoms with Gasteiger partial charge in [0, 0.05) is 29.6 Å². The number of pyridine rings is 1. The fraction of sp³-hybridized carbons (Fsp3) is 0.333. The number of hydrogen-bond acceptors (Lipinski definition) is 4. The number of amides is 1. The molecule has 1 aliphatic rings. The highest BCUT2D eigenvalue weighted by Crippen LogP contribution is 2.45. The van der Waals surface area contributed by atoms with E-state index in [0.717, 1.165) is 24.3 Å². The van der Waals surface area contributed by atoms with Gasteiger partial charge in [-0.15, -0.1) is 13.2 Å². The van der Waals surface area contributed by atoms with E-state index >= 15 is 0 Å². The first-order chi connectivity index (χ1) is 19.6. The molecule has 1 N–H and O–H groups in total. The van der Waals surface area contributed by atoms with Crippen LogP contribution in [0.2, 0.25) is 0 Å². The van der Waals surface area contributed by atoms with Gasteiger partial charge in [0.25, 0.3) is 0 Å². The summed E-state index contributed by atoms with van der Waals surface area (Å²) < 4.78 is 95.7. The number of rotatable bonds is 6. The third-order valence-electron chi connectivity index (χ3n) is 6.59. The SMILES string of the molecule is CC#CO.CC(C)(C[C@@H]1C[C@H](c2cccc(OC(F)(F)F)c2)N(c2ccc(F)cc2)C1=O)c1cccc(C(F)(F)F)n1. The maximum atomic E-state index is 13.6. The Bertz CT molecular complexity index is 1440. The summed E-state index contributed by atoms with van der Waals surface area (Å²) in [6.07, 6.45) is -7.59. The third kappa shape index (κ3) is 8.15. The minimum atomic E-state index is -4.91. The summed E-state index contributed by atoms with van der Waals surface area (Å²) in [6, 6.07) is 13.2. The molecule has 2 atom stereocenters. The number of anilines is 1. The minimum absolute atomic E-state index is 0.118. The zero-order chi connectivity index (χ0) is 31.3. The lowest BCUT2D eigenvalue weighted by atomic mass is 9.78. The Morgan fingerprint density at radius 1 is 0.976 bits per heavy atom. The van der Waals surface area contributed by atoms with E-state index in [1.54, 1.807) is 32.9 Å². The highest BCUT2D eigenvalue weighted by Gasteiger charge is 2.44. The molecule has 224 valence electrons. The number of halogens is 7. The number of alkyl halides is 6. The number of ether oxygens (including phenoxy) is 1. The molecule has 0 spiro atoms.